The Bertz CT molecular complexity index is 500. The van der Waals surface area contributed by atoms with Crippen LogP contribution in [0.25, 0.3) is 0 Å². The number of anilines is 1. The van der Waals surface area contributed by atoms with Gasteiger partial charge >= 0.3 is 11.8 Å². The molecule has 0 radical (unpaired) electrons. The van der Waals surface area contributed by atoms with Crippen molar-refractivity contribution in [1.82, 2.24) is 9.88 Å². The Labute approximate surface area is 116 Å². The second-order valence-corrected chi connectivity index (χ2v) is 4.29. The van der Waals surface area contributed by atoms with Crippen LogP contribution in [0.2, 0.25) is 0 Å². The fraction of sp³-hybridized carbons (Fsp3) is 0.500. The van der Waals surface area contributed by atoms with Crippen molar-refractivity contribution in [2.24, 2.45) is 0 Å². The van der Waals surface area contributed by atoms with E-state index in [1.54, 1.807) is 17.9 Å². The molecule has 1 amide bonds. The first kappa shape index (κ1) is 14.0. The normalized spacial score (nSPS) is 15.1. The van der Waals surface area contributed by atoms with Gasteiger partial charge in [-0.2, -0.15) is 0 Å². The van der Waals surface area contributed by atoms with Crippen LogP contribution in [0.5, 0.6) is 0 Å². The summed E-state index contributed by atoms with van der Waals surface area (Å²) in [6, 6.07) is 1.62. The number of hydrogen-bond donors (Lipinski definition) is 0. The van der Waals surface area contributed by atoms with Crippen LogP contribution in [0.1, 0.15) is 6.92 Å². The van der Waals surface area contributed by atoms with Crippen molar-refractivity contribution in [3.05, 3.63) is 28.6 Å². The molecule has 0 N–H and O–H groups in total. The van der Waals surface area contributed by atoms with Gasteiger partial charge in [-0.05, 0) is 13.0 Å². The highest BCUT2D eigenvalue weighted by molar-refractivity contribution is 5.68. The zero-order valence-electron chi connectivity index (χ0n) is 11.2. The van der Waals surface area contributed by atoms with Gasteiger partial charge < -0.3 is 14.5 Å². The number of ether oxygens (including phenoxy) is 1. The van der Waals surface area contributed by atoms with E-state index < -0.39 is 4.92 Å². The first-order chi connectivity index (χ1) is 9.63. The van der Waals surface area contributed by atoms with Crippen molar-refractivity contribution >= 4 is 17.5 Å². The number of piperazine rings is 1. The summed E-state index contributed by atoms with van der Waals surface area (Å²) in [7, 11) is 0. The number of nitrogens with zero attached hydrogens (tertiary/aromatic N) is 4. The summed E-state index contributed by atoms with van der Waals surface area (Å²) < 4.78 is 4.93. The number of carbonyl (C=O) groups excluding carboxylic acids is 1. The largest absolute Gasteiger partial charge is 0.450 e. The van der Waals surface area contributed by atoms with Crippen molar-refractivity contribution in [3.8, 4) is 0 Å². The number of pyridine rings is 1. The average Bonchev–Trinajstić information content (AvgIpc) is 2.47. The van der Waals surface area contributed by atoms with Crippen LogP contribution >= 0.6 is 0 Å². The van der Waals surface area contributed by atoms with E-state index in [1.165, 1.54) is 12.4 Å². The topological polar surface area (TPSA) is 88.8 Å². The van der Waals surface area contributed by atoms with Crippen LogP contribution in [-0.2, 0) is 4.74 Å². The summed E-state index contributed by atoms with van der Waals surface area (Å²) in [6.07, 6.45) is 2.43. The third kappa shape index (κ3) is 2.95. The molecule has 1 fully saturated rings. The lowest BCUT2D eigenvalue weighted by molar-refractivity contribution is -0.384. The highest BCUT2D eigenvalue weighted by atomic mass is 16.6. The van der Waals surface area contributed by atoms with Gasteiger partial charge in [0.25, 0.3) is 0 Å². The van der Waals surface area contributed by atoms with Crippen LogP contribution in [0.15, 0.2) is 18.5 Å². The van der Waals surface area contributed by atoms with Gasteiger partial charge in [-0.15, -0.1) is 0 Å². The zero-order chi connectivity index (χ0) is 14.5. The molecule has 8 heteroatoms. The molecule has 0 aliphatic carbocycles. The lowest BCUT2D eigenvalue weighted by atomic mass is 10.2. The van der Waals surface area contributed by atoms with Gasteiger partial charge in [-0.25, -0.2) is 4.79 Å². The third-order valence-corrected chi connectivity index (χ3v) is 3.12. The van der Waals surface area contributed by atoms with E-state index in [2.05, 4.69) is 4.98 Å². The molecule has 0 unspecified atom stereocenters. The summed E-state index contributed by atoms with van der Waals surface area (Å²) in [6.45, 7) is 4.13. The molecular weight excluding hydrogens is 264 g/mol. The van der Waals surface area contributed by atoms with Gasteiger partial charge in [0.1, 0.15) is 11.9 Å². The zero-order valence-corrected chi connectivity index (χ0v) is 11.2. The smallest absolute Gasteiger partial charge is 0.409 e. The molecule has 0 bridgehead atoms. The van der Waals surface area contributed by atoms with Gasteiger partial charge in [0.2, 0.25) is 0 Å². The molecule has 1 aliphatic heterocycles. The van der Waals surface area contributed by atoms with Crippen LogP contribution < -0.4 is 4.90 Å². The second kappa shape index (κ2) is 6.18. The van der Waals surface area contributed by atoms with Crippen molar-refractivity contribution in [2.75, 3.05) is 37.7 Å². The van der Waals surface area contributed by atoms with Crippen LogP contribution in [0, 0.1) is 10.1 Å². The van der Waals surface area contributed by atoms with Crippen LogP contribution in [-0.4, -0.2) is 53.7 Å². The van der Waals surface area contributed by atoms with Gasteiger partial charge in [-0.3, -0.25) is 15.1 Å². The Morgan fingerprint density at radius 1 is 1.45 bits per heavy atom. The van der Waals surface area contributed by atoms with Crippen molar-refractivity contribution < 1.29 is 14.5 Å². The van der Waals surface area contributed by atoms with Gasteiger partial charge in [0.05, 0.1) is 11.5 Å². The number of rotatable bonds is 3. The van der Waals surface area contributed by atoms with Crippen molar-refractivity contribution in [2.45, 2.75) is 6.92 Å². The maximum atomic E-state index is 11.6. The summed E-state index contributed by atoms with van der Waals surface area (Å²) in [4.78, 5) is 29.4. The summed E-state index contributed by atoms with van der Waals surface area (Å²) >= 11 is 0. The summed E-state index contributed by atoms with van der Waals surface area (Å²) in [5.74, 6) is 0. The Kier molecular flexibility index (Phi) is 4.34. The molecule has 20 heavy (non-hydrogen) atoms. The molecule has 0 spiro atoms. The lowest BCUT2D eigenvalue weighted by Crippen LogP contribution is -2.49. The van der Waals surface area contributed by atoms with E-state index in [0.717, 1.165) is 0 Å². The highest BCUT2D eigenvalue weighted by Gasteiger charge is 2.26. The van der Waals surface area contributed by atoms with E-state index in [-0.39, 0.29) is 11.8 Å². The Morgan fingerprint density at radius 3 is 2.75 bits per heavy atom. The SMILES string of the molecule is CCOC(=O)N1CCN(c2ccncc2[N+](=O)[O-])CC1. The molecule has 0 atom stereocenters. The fourth-order valence-electron chi connectivity index (χ4n) is 2.13. The molecule has 0 saturated carbocycles. The molecule has 1 saturated heterocycles. The third-order valence-electron chi connectivity index (χ3n) is 3.12. The number of carbonyl (C=O) groups is 1. The predicted octanol–water partition coefficient (Wildman–Crippen LogP) is 1.27. The standard InChI is InChI=1S/C12H16N4O4/c1-2-20-12(17)15-7-5-14(6-8-15)10-3-4-13-9-11(10)16(18)19/h3-4,9H,2,5-8H2,1H3. The molecule has 2 heterocycles. The number of amides is 1. The first-order valence-electron chi connectivity index (χ1n) is 6.38. The molecule has 1 aromatic rings. The molecule has 8 nitrogen and oxygen atoms in total. The number of hydrogen-bond acceptors (Lipinski definition) is 6. The Balaban J connectivity index is 2.04. The van der Waals surface area contributed by atoms with E-state index in [0.29, 0.717) is 38.5 Å². The maximum Gasteiger partial charge on any atom is 0.409 e. The number of aromatic nitrogens is 1. The first-order valence-corrected chi connectivity index (χ1v) is 6.38. The Morgan fingerprint density at radius 2 is 2.15 bits per heavy atom. The quantitative estimate of drug-likeness (QED) is 0.612. The number of nitro groups is 1. The Hall–Kier alpha value is -2.38. The van der Waals surface area contributed by atoms with Crippen LogP contribution in [0.4, 0.5) is 16.2 Å². The van der Waals surface area contributed by atoms with E-state index in [1.807, 2.05) is 4.90 Å². The molecule has 2 rings (SSSR count). The average molecular weight is 280 g/mol. The van der Waals surface area contributed by atoms with Gasteiger partial charge in [-0.1, -0.05) is 0 Å². The molecule has 0 aromatic carbocycles. The van der Waals surface area contributed by atoms with Gasteiger partial charge in [0, 0.05) is 32.4 Å². The minimum absolute atomic E-state index is 0.0166. The second-order valence-electron chi connectivity index (χ2n) is 4.29. The molecule has 1 aliphatic rings. The van der Waals surface area contributed by atoms with E-state index >= 15 is 0 Å². The van der Waals surface area contributed by atoms with Crippen molar-refractivity contribution in [3.63, 3.8) is 0 Å². The highest BCUT2D eigenvalue weighted by Crippen LogP contribution is 2.27. The predicted molar refractivity (Wildman–Crippen MR) is 71.7 cm³/mol. The molecule has 108 valence electrons. The van der Waals surface area contributed by atoms with E-state index in [9.17, 15) is 14.9 Å². The van der Waals surface area contributed by atoms with Crippen LogP contribution in [0.3, 0.4) is 0 Å². The summed E-state index contributed by atoms with van der Waals surface area (Å²) in [5, 5.41) is 11.0. The van der Waals surface area contributed by atoms with E-state index in [4.69, 9.17) is 4.74 Å². The minimum atomic E-state index is -0.444. The maximum absolute atomic E-state index is 11.6. The monoisotopic (exact) mass is 280 g/mol. The lowest BCUT2D eigenvalue weighted by Gasteiger charge is -2.34. The fourth-order valence-corrected chi connectivity index (χ4v) is 2.13. The molecular formula is C12H16N4O4. The van der Waals surface area contributed by atoms with Gasteiger partial charge in [0.15, 0.2) is 0 Å². The summed E-state index contributed by atoms with van der Waals surface area (Å²) in [5.41, 5.74) is 0.519. The molecule has 1 aromatic heterocycles. The minimum Gasteiger partial charge on any atom is -0.450 e. The van der Waals surface area contributed by atoms with Crippen molar-refractivity contribution in [1.29, 1.82) is 0 Å².